The molecule has 1 aromatic heterocycles. The van der Waals surface area contributed by atoms with Crippen LogP contribution in [0, 0.1) is 4.77 Å². The maximum atomic E-state index is 12.4. The molecule has 0 unspecified atom stereocenters. The van der Waals surface area contributed by atoms with Gasteiger partial charge in [0.15, 0.2) is 4.77 Å². The molecule has 2 aromatic rings. The van der Waals surface area contributed by atoms with Crippen molar-refractivity contribution >= 4 is 23.1 Å². The van der Waals surface area contributed by atoms with E-state index < -0.39 is 17.3 Å². The third kappa shape index (κ3) is 1.85. The summed E-state index contributed by atoms with van der Waals surface area (Å²) in [6.45, 7) is 0. The lowest BCUT2D eigenvalue weighted by Gasteiger charge is -2.06. The summed E-state index contributed by atoms with van der Waals surface area (Å²) in [7, 11) is 0. The van der Waals surface area contributed by atoms with Gasteiger partial charge in [-0.05, 0) is 30.4 Å². The predicted octanol–water partition coefficient (Wildman–Crippen LogP) is 2.60. The van der Waals surface area contributed by atoms with Gasteiger partial charge in [0, 0.05) is 0 Å². The molecular weight excluding hydrogens is 241 g/mol. The van der Waals surface area contributed by atoms with Gasteiger partial charge >= 0.3 is 6.18 Å². The van der Waals surface area contributed by atoms with E-state index in [1.165, 1.54) is 0 Å². The van der Waals surface area contributed by atoms with Gasteiger partial charge in [0.25, 0.3) is 5.56 Å². The van der Waals surface area contributed by atoms with Crippen molar-refractivity contribution in [2.24, 2.45) is 0 Å². The Labute approximate surface area is 91.9 Å². The number of fused-ring (bicyclic) bond motifs is 1. The number of hydrogen-bond donors (Lipinski definition) is 2. The molecule has 0 fully saturated rings. The van der Waals surface area contributed by atoms with E-state index in [4.69, 9.17) is 0 Å². The second-order valence-corrected chi connectivity index (χ2v) is 3.57. The summed E-state index contributed by atoms with van der Waals surface area (Å²) in [4.78, 5) is 16.1. The van der Waals surface area contributed by atoms with Gasteiger partial charge in [0.1, 0.15) is 0 Å². The molecule has 7 heteroatoms. The van der Waals surface area contributed by atoms with E-state index in [0.717, 1.165) is 18.2 Å². The van der Waals surface area contributed by atoms with Gasteiger partial charge < -0.3 is 4.98 Å². The van der Waals surface area contributed by atoms with Crippen molar-refractivity contribution in [3.8, 4) is 0 Å². The summed E-state index contributed by atoms with van der Waals surface area (Å²) >= 11 is 4.67. The average Bonchev–Trinajstić information content (AvgIpc) is 2.15. The van der Waals surface area contributed by atoms with Crippen molar-refractivity contribution in [2.45, 2.75) is 6.18 Å². The number of alkyl halides is 3. The SMILES string of the molecule is O=c1[nH]c(=S)[nH]c2cc(C(F)(F)F)ccc12. The number of rotatable bonds is 0. The minimum absolute atomic E-state index is 0.00294. The standard InChI is InChI=1S/C9H5F3N2OS/c10-9(11,12)4-1-2-5-6(3-4)13-8(16)14-7(5)15/h1-3H,(H2,13,14,15,16). The van der Waals surface area contributed by atoms with Crippen molar-refractivity contribution in [3.05, 3.63) is 38.9 Å². The van der Waals surface area contributed by atoms with Crippen LogP contribution in [0.2, 0.25) is 0 Å². The first-order valence-electron chi connectivity index (χ1n) is 4.21. The molecule has 3 nitrogen and oxygen atoms in total. The Balaban J connectivity index is 2.82. The molecule has 2 N–H and O–H groups in total. The monoisotopic (exact) mass is 246 g/mol. The molecule has 0 aliphatic heterocycles. The van der Waals surface area contributed by atoms with Crippen LogP contribution in [0.3, 0.4) is 0 Å². The van der Waals surface area contributed by atoms with Crippen molar-refractivity contribution in [1.29, 1.82) is 0 Å². The topological polar surface area (TPSA) is 48.6 Å². The number of benzene rings is 1. The van der Waals surface area contributed by atoms with E-state index in [1.54, 1.807) is 0 Å². The van der Waals surface area contributed by atoms with E-state index >= 15 is 0 Å². The van der Waals surface area contributed by atoms with Crippen molar-refractivity contribution < 1.29 is 13.2 Å². The lowest BCUT2D eigenvalue weighted by Crippen LogP contribution is -2.10. The zero-order valence-corrected chi connectivity index (χ0v) is 8.50. The first-order valence-corrected chi connectivity index (χ1v) is 4.62. The van der Waals surface area contributed by atoms with Crippen LogP contribution in [0.1, 0.15) is 5.56 Å². The number of H-pyrrole nitrogens is 2. The maximum Gasteiger partial charge on any atom is 0.416 e. The van der Waals surface area contributed by atoms with Crippen LogP contribution in [0.15, 0.2) is 23.0 Å². The van der Waals surface area contributed by atoms with Crippen LogP contribution in [0.25, 0.3) is 10.9 Å². The van der Waals surface area contributed by atoms with Crippen LogP contribution < -0.4 is 5.56 Å². The van der Waals surface area contributed by atoms with E-state index in [1.807, 2.05) is 0 Å². The predicted molar refractivity (Wildman–Crippen MR) is 54.8 cm³/mol. The fourth-order valence-corrected chi connectivity index (χ4v) is 1.55. The number of hydrogen-bond acceptors (Lipinski definition) is 2. The number of halogens is 3. The van der Waals surface area contributed by atoms with Crippen LogP contribution >= 0.6 is 12.2 Å². The Morgan fingerprint density at radius 2 is 1.88 bits per heavy atom. The van der Waals surface area contributed by atoms with Crippen molar-refractivity contribution in [2.75, 3.05) is 0 Å². The highest BCUT2D eigenvalue weighted by atomic mass is 32.1. The Hall–Kier alpha value is -1.63. The van der Waals surface area contributed by atoms with Crippen LogP contribution in [-0.4, -0.2) is 9.97 Å². The molecule has 0 saturated heterocycles. The summed E-state index contributed by atoms with van der Waals surface area (Å²) < 4.78 is 37.2. The van der Waals surface area contributed by atoms with Gasteiger partial charge in [-0.3, -0.25) is 9.78 Å². The lowest BCUT2D eigenvalue weighted by molar-refractivity contribution is -0.137. The summed E-state index contributed by atoms with van der Waals surface area (Å²) in [5.41, 5.74) is -1.26. The van der Waals surface area contributed by atoms with E-state index in [-0.39, 0.29) is 15.7 Å². The smallest absolute Gasteiger partial charge is 0.332 e. The first-order chi connectivity index (χ1) is 7.38. The third-order valence-corrected chi connectivity index (χ3v) is 2.27. The normalized spacial score (nSPS) is 11.9. The lowest BCUT2D eigenvalue weighted by atomic mass is 10.1. The molecule has 2 rings (SSSR count). The van der Waals surface area contributed by atoms with Crippen molar-refractivity contribution in [1.82, 2.24) is 9.97 Å². The first kappa shape index (κ1) is 10.9. The third-order valence-electron chi connectivity index (χ3n) is 2.07. The molecule has 0 aliphatic carbocycles. The highest BCUT2D eigenvalue weighted by Crippen LogP contribution is 2.30. The van der Waals surface area contributed by atoms with Gasteiger partial charge in [-0.25, -0.2) is 0 Å². The molecule has 0 saturated carbocycles. The van der Waals surface area contributed by atoms with Gasteiger partial charge in [0.2, 0.25) is 0 Å². The van der Waals surface area contributed by atoms with E-state index in [0.29, 0.717) is 0 Å². The minimum Gasteiger partial charge on any atom is -0.332 e. The summed E-state index contributed by atoms with van der Waals surface area (Å²) in [6, 6.07) is 2.83. The molecule has 0 atom stereocenters. The summed E-state index contributed by atoms with van der Waals surface area (Å²) in [5.74, 6) is 0. The van der Waals surface area contributed by atoms with Crippen LogP contribution in [0.5, 0.6) is 0 Å². The van der Waals surface area contributed by atoms with Gasteiger partial charge in [-0.2, -0.15) is 13.2 Å². The summed E-state index contributed by atoms with van der Waals surface area (Å²) in [6.07, 6.45) is -4.44. The Bertz CT molecular complexity index is 656. The summed E-state index contributed by atoms with van der Waals surface area (Å²) in [5, 5.41) is 0.140. The highest BCUT2D eigenvalue weighted by Gasteiger charge is 2.30. The molecule has 0 spiro atoms. The molecule has 0 amide bonds. The highest BCUT2D eigenvalue weighted by molar-refractivity contribution is 7.71. The second-order valence-electron chi connectivity index (χ2n) is 3.17. The molecule has 0 aliphatic rings. The number of aromatic nitrogens is 2. The average molecular weight is 246 g/mol. The minimum atomic E-state index is -4.44. The molecule has 1 aromatic carbocycles. The quantitative estimate of drug-likeness (QED) is 0.702. The largest absolute Gasteiger partial charge is 0.416 e. The van der Waals surface area contributed by atoms with Crippen molar-refractivity contribution in [3.63, 3.8) is 0 Å². The second kappa shape index (κ2) is 3.44. The molecule has 1 heterocycles. The number of nitrogens with one attached hydrogen (secondary N) is 2. The molecule has 0 bridgehead atoms. The van der Waals surface area contributed by atoms with Gasteiger partial charge in [-0.1, -0.05) is 0 Å². The Kier molecular flexibility index (Phi) is 2.34. The van der Waals surface area contributed by atoms with E-state index in [2.05, 4.69) is 22.2 Å². The molecular formula is C9H5F3N2OS. The molecule has 16 heavy (non-hydrogen) atoms. The van der Waals surface area contributed by atoms with Crippen LogP contribution in [0.4, 0.5) is 13.2 Å². The zero-order chi connectivity index (χ0) is 11.9. The fraction of sp³-hybridized carbons (Fsp3) is 0.111. The van der Waals surface area contributed by atoms with Crippen LogP contribution in [-0.2, 0) is 6.18 Å². The van der Waals surface area contributed by atoms with Gasteiger partial charge in [0.05, 0.1) is 16.5 Å². The number of aromatic amines is 2. The zero-order valence-electron chi connectivity index (χ0n) is 7.68. The Morgan fingerprint density at radius 3 is 2.50 bits per heavy atom. The van der Waals surface area contributed by atoms with Gasteiger partial charge in [-0.15, -0.1) is 0 Å². The molecule has 0 radical (unpaired) electrons. The maximum absolute atomic E-state index is 12.4. The Morgan fingerprint density at radius 1 is 1.19 bits per heavy atom. The fourth-order valence-electron chi connectivity index (χ4n) is 1.35. The molecule has 84 valence electrons. The van der Waals surface area contributed by atoms with E-state index in [9.17, 15) is 18.0 Å².